The maximum absolute atomic E-state index is 12.2. The number of rotatable bonds is 6. The first-order valence-corrected chi connectivity index (χ1v) is 10.4. The standard InChI is InChI=1S/C16H22BrN3O4S/c1-12(21)19-14-6-9-20(10-7-14)16(22)5-8-18-25(23,24)15-4-2-3-13(17)11-15/h2-4,11,14,18H,5-10H2,1H3,(H,19,21). The third-order valence-corrected chi connectivity index (χ3v) is 5.94. The summed E-state index contributed by atoms with van der Waals surface area (Å²) in [7, 11) is -3.63. The van der Waals surface area contributed by atoms with Gasteiger partial charge in [-0.05, 0) is 31.0 Å². The third-order valence-electron chi connectivity index (χ3n) is 3.99. The van der Waals surface area contributed by atoms with Gasteiger partial charge < -0.3 is 10.2 Å². The molecule has 2 rings (SSSR count). The van der Waals surface area contributed by atoms with Gasteiger partial charge in [0, 0.05) is 43.5 Å². The number of likely N-dealkylation sites (tertiary alicyclic amines) is 1. The Morgan fingerprint density at radius 3 is 2.56 bits per heavy atom. The van der Waals surface area contributed by atoms with Crippen LogP contribution in [0.15, 0.2) is 33.6 Å². The minimum atomic E-state index is -3.63. The minimum absolute atomic E-state index is 0.0549. The van der Waals surface area contributed by atoms with Crippen LogP contribution in [0.1, 0.15) is 26.2 Å². The molecule has 1 fully saturated rings. The van der Waals surface area contributed by atoms with Gasteiger partial charge in [0.2, 0.25) is 21.8 Å². The van der Waals surface area contributed by atoms with Crippen molar-refractivity contribution in [1.82, 2.24) is 14.9 Å². The van der Waals surface area contributed by atoms with Crippen molar-refractivity contribution >= 4 is 37.8 Å². The number of benzene rings is 1. The van der Waals surface area contributed by atoms with Gasteiger partial charge in [0.25, 0.3) is 0 Å². The maximum Gasteiger partial charge on any atom is 0.240 e. The number of carbonyl (C=O) groups is 2. The van der Waals surface area contributed by atoms with Crippen LogP contribution in [0.3, 0.4) is 0 Å². The van der Waals surface area contributed by atoms with Gasteiger partial charge in [0.1, 0.15) is 0 Å². The lowest BCUT2D eigenvalue weighted by atomic mass is 10.0. The Balaban J connectivity index is 1.78. The van der Waals surface area contributed by atoms with Crippen molar-refractivity contribution in [3.05, 3.63) is 28.7 Å². The van der Waals surface area contributed by atoms with E-state index < -0.39 is 10.0 Å². The van der Waals surface area contributed by atoms with Gasteiger partial charge in [-0.15, -0.1) is 0 Å². The second kappa shape index (κ2) is 8.77. The summed E-state index contributed by atoms with van der Waals surface area (Å²) in [6, 6.07) is 6.51. The van der Waals surface area contributed by atoms with E-state index in [-0.39, 0.29) is 35.7 Å². The highest BCUT2D eigenvalue weighted by Gasteiger charge is 2.23. The van der Waals surface area contributed by atoms with E-state index in [9.17, 15) is 18.0 Å². The lowest BCUT2D eigenvalue weighted by Gasteiger charge is -2.32. The fourth-order valence-corrected chi connectivity index (χ4v) is 4.36. The molecule has 0 bridgehead atoms. The Kier molecular flexibility index (Phi) is 6.97. The molecular formula is C16H22BrN3O4S. The second-order valence-electron chi connectivity index (χ2n) is 5.96. The molecule has 2 amide bonds. The van der Waals surface area contributed by atoms with E-state index >= 15 is 0 Å². The molecule has 1 aromatic rings. The zero-order valence-electron chi connectivity index (χ0n) is 14.0. The number of piperidine rings is 1. The molecule has 0 saturated carbocycles. The molecule has 1 aliphatic rings. The summed E-state index contributed by atoms with van der Waals surface area (Å²) in [5.74, 6) is -0.148. The van der Waals surface area contributed by atoms with Crippen molar-refractivity contribution in [2.45, 2.75) is 37.1 Å². The monoisotopic (exact) mass is 431 g/mol. The van der Waals surface area contributed by atoms with Gasteiger partial charge in [-0.1, -0.05) is 22.0 Å². The van der Waals surface area contributed by atoms with Crippen LogP contribution in [0.2, 0.25) is 0 Å². The van der Waals surface area contributed by atoms with Crippen LogP contribution in [0.4, 0.5) is 0 Å². The molecule has 0 spiro atoms. The van der Waals surface area contributed by atoms with Crippen LogP contribution in [0.5, 0.6) is 0 Å². The predicted octanol–water partition coefficient (Wildman–Crippen LogP) is 1.24. The SMILES string of the molecule is CC(=O)NC1CCN(C(=O)CCNS(=O)(=O)c2cccc(Br)c2)CC1. The number of sulfonamides is 1. The summed E-state index contributed by atoms with van der Waals surface area (Å²) in [5.41, 5.74) is 0. The summed E-state index contributed by atoms with van der Waals surface area (Å²) >= 11 is 3.24. The zero-order chi connectivity index (χ0) is 18.4. The van der Waals surface area contributed by atoms with Gasteiger partial charge >= 0.3 is 0 Å². The summed E-state index contributed by atoms with van der Waals surface area (Å²) in [6.07, 6.45) is 1.54. The average Bonchev–Trinajstić information content (AvgIpc) is 2.54. The molecule has 0 radical (unpaired) electrons. The molecule has 0 unspecified atom stereocenters. The van der Waals surface area contributed by atoms with Crippen LogP contribution in [0, 0.1) is 0 Å². The third kappa shape index (κ3) is 6.09. The number of nitrogens with one attached hydrogen (secondary N) is 2. The number of nitrogens with zero attached hydrogens (tertiary/aromatic N) is 1. The maximum atomic E-state index is 12.2. The van der Waals surface area contributed by atoms with Gasteiger partial charge in [0.15, 0.2) is 0 Å². The molecule has 138 valence electrons. The van der Waals surface area contributed by atoms with E-state index in [1.165, 1.54) is 19.1 Å². The van der Waals surface area contributed by atoms with Crippen molar-refractivity contribution in [2.24, 2.45) is 0 Å². The molecule has 1 saturated heterocycles. The Hall–Kier alpha value is -1.45. The smallest absolute Gasteiger partial charge is 0.240 e. The molecule has 9 heteroatoms. The van der Waals surface area contributed by atoms with E-state index in [2.05, 4.69) is 26.0 Å². The molecule has 1 aliphatic heterocycles. The molecule has 1 heterocycles. The Morgan fingerprint density at radius 2 is 1.96 bits per heavy atom. The largest absolute Gasteiger partial charge is 0.353 e. The first kappa shape index (κ1) is 19.9. The van der Waals surface area contributed by atoms with Crippen LogP contribution < -0.4 is 10.0 Å². The van der Waals surface area contributed by atoms with E-state index in [0.29, 0.717) is 17.6 Å². The molecule has 0 atom stereocenters. The number of carbonyl (C=O) groups excluding carboxylic acids is 2. The quantitative estimate of drug-likeness (QED) is 0.707. The number of hydrogen-bond donors (Lipinski definition) is 2. The van der Waals surface area contributed by atoms with Gasteiger partial charge in [-0.25, -0.2) is 13.1 Å². The van der Waals surface area contributed by atoms with Crippen LogP contribution in [0.25, 0.3) is 0 Å². The summed E-state index contributed by atoms with van der Waals surface area (Å²) < 4.78 is 27.5. The Morgan fingerprint density at radius 1 is 1.28 bits per heavy atom. The minimum Gasteiger partial charge on any atom is -0.353 e. The van der Waals surface area contributed by atoms with Crippen molar-refractivity contribution < 1.29 is 18.0 Å². The first-order chi connectivity index (χ1) is 11.8. The van der Waals surface area contributed by atoms with Gasteiger partial charge in [0.05, 0.1) is 4.90 Å². The molecule has 1 aromatic carbocycles. The summed E-state index contributed by atoms with van der Waals surface area (Å²) in [4.78, 5) is 25.1. The van der Waals surface area contributed by atoms with Crippen LogP contribution in [-0.4, -0.2) is 50.8 Å². The molecule has 0 aliphatic carbocycles. The molecule has 0 aromatic heterocycles. The van der Waals surface area contributed by atoms with Gasteiger partial charge in [-0.3, -0.25) is 9.59 Å². The lowest BCUT2D eigenvalue weighted by Crippen LogP contribution is -2.46. The molecular weight excluding hydrogens is 410 g/mol. The average molecular weight is 432 g/mol. The van der Waals surface area contributed by atoms with E-state index in [1.54, 1.807) is 17.0 Å². The number of halogens is 1. The molecule has 7 nitrogen and oxygen atoms in total. The summed E-state index contributed by atoms with van der Waals surface area (Å²) in [5, 5.41) is 2.85. The van der Waals surface area contributed by atoms with E-state index in [0.717, 1.165) is 12.8 Å². The topological polar surface area (TPSA) is 95.6 Å². The highest BCUT2D eigenvalue weighted by Crippen LogP contribution is 2.16. The lowest BCUT2D eigenvalue weighted by molar-refractivity contribution is -0.132. The fraction of sp³-hybridized carbons (Fsp3) is 0.500. The predicted molar refractivity (Wildman–Crippen MR) is 97.4 cm³/mol. The van der Waals surface area contributed by atoms with Gasteiger partial charge in [-0.2, -0.15) is 0 Å². The van der Waals surface area contributed by atoms with Crippen molar-refractivity contribution in [1.29, 1.82) is 0 Å². The normalized spacial score (nSPS) is 15.8. The van der Waals surface area contributed by atoms with Crippen molar-refractivity contribution in [3.8, 4) is 0 Å². The second-order valence-corrected chi connectivity index (χ2v) is 8.64. The Labute approximate surface area is 156 Å². The highest BCUT2D eigenvalue weighted by atomic mass is 79.9. The van der Waals surface area contributed by atoms with Crippen molar-refractivity contribution in [3.63, 3.8) is 0 Å². The van der Waals surface area contributed by atoms with E-state index in [4.69, 9.17) is 0 Å². The summed E-state index contributed by atoms with van der Waals surface area (Å²) in [6.45, 7) is 2.68. The fourth-order valence-electron chi connectivity index (χ4n) is 2.73. The van der Waals surface area contributed by atoms with Crippen molar-refractivity contribution in [2.75, 3.05) is 19.6 Å². The van der Waals surface area contributed by atoms with Crippen LogP contribution in [-0.2, 0) is 19.6 Å². The van der Waals surface area contributed by atoms with Crippen LogP contribution >= 0.6 is 15.9 Å². The molecule has 2 N–H and O–H groups in total. The Bertz CT molecular complexity index is 731. The molecule has 25 heavy (non-hydrogen) atoms. The first-order valence-electron chi connectivity index (χ1n) is 8.08. The number of hydrogen-bond acceptors (Lipinski definition) is 4. The van der Waals surface area contributed by atoms with E-state index in [1.807, 2.05) is 0 Å². The number of amides is 2. The zero-order valence-corrected chi connectivity index (χ0v) is 16.4. The highest BCUT2D eigenvalue weighted by molar-refractivity contribution is 9.10.